The van der Waals surface area contributed by atoms with Gasteiger partial charge in [0.1, 0.15) is 10.6 Å². The number of hydrogen-bond donors (Lipinski definition) is 1. The van der Waals surface area contributed by atoms with Gasteiger partial charge in [-0.1, -0.05) is 42.7 Å². The molecule has 0 fully saturated rings. The molecule has 122 valence electrons. The van der Waals surface area contributed by atoms with Crippen LogP contribution in [0.5, 0.6) is 0 Å². The van der Waals surface area contributed by atoms with Crippen molar-refractivity contribution in [2.75, 3.05) is 5.32 Å². The predicted molar refractivity (Wildman–Crippen MR) is 89.2 cm³/mol. The molecule has 2 aromatic rings. The van der Waals surface area contributed by atoms with Crippen LogP contribution in [0.2, 0.25) is 5.02 Å². The van der Waals surface area contributed by atoms with E-state index in [2.05, 4.69) is 22.4 Å². The first-order valence-corrected chi connectivity index (χ1v) is 8.28. The Morgan fingerprint density at radius 1 is 1.39 bits per heavy atom. The van der Waals surface area contributed by atoms with E-state index in [4.69, 9.17) is 11.6 Å². The molecule has 2 rings (SSSR count). The Labute approximate surface area is 141 Å². The van der Waals surface area contributed by atoms with Gasteiger partial charge in [0.05, 0.1) is 4.92 Å². The van der Waals surface area contributed by atoms with Crippen LogP contribution in [0.1, 0.15) is 41.6 Å². The second-order valence-corrected chi connectivity index (χ2v) is 6.33. The largest absolute Gasteiger partial charge is 0.296 e. The molecule has 0 bridgehead atoms. The Morgan fingerprint density at radius 3 is 2.87 bits per heavy atom. The lowest BCUT2D eigenvalue weighted by Gasteiger charge is -2.02. The van der Waals surface area contributed by atoms with Crippen LogP contribution in [0, 0.1) is 10.1 Å². The van der Waals surface area contributed by atoms with E-state index >= 15 is 0 Å². The number of nitrogens with one attached hydrogen (secondary N) is 1. The second kappa shape index (κ2) is 7.98. The van der Waals surface area contributed by atoms with Gasteiger partial charge in [-0.05, 0) is 18.6 Å². The number of aromatic nitrogens is 2. The standard InChI is InChI=1S/C14H15ClN4O3S/c1-2-3-4-5-12-17-18-14(23-12)16-13(20)10-7-6-9(15)8-11(10)19(21)22/h6-8H,2-5H2,1H3,(H,16,18,20). The number of nitro benzene ring substituents is 1. The Kier molecular flexibility index (Phi) is 6.00. The van der Waals surface area contributed by atoms with Crippen molar-refractivity contribution in [1.82, 2.24) is 10.2 Å². The van der Waals surface area contributed by atoms with Crippen molar-refractivity contribution in [3.8, 4) is 0 Å². The average molecular weight is 355 g/mol. The number of halogens is 1. The molecule has 1 aromatic carbocycles. The first-order valence-electron chi connectivity index (χ1n) is 7.09. The second-order valence-electron chi connectivity index (χ2n) is 4.83. The van der Waals surface area contributed by atoms with E-state index in [9.17, 15) is 14.9 Å². The third-order valence-corrected chi connectivity index (χ3v) is 4.22. The van der Waals surface area contributed by atoms with Gasteiger partial charge < -0.3 is 0 Å². The highest BCUT2D eigenvalue weighted by atomic mass is 35.5. The zero-order valence-corrected chi connectivity index (χ0v) is 14.0. The minimum absolute atomic E-state index is 0.0675. The fourth-order valence-corrected chi connectivity index (χ4v) is 2.89. The van der Waals surface area contributed by atoms with Crippen molar-refractivity contribution in [2.24, 2.45) is 0 Å². The van der Waals surface area contributed by atoms with Crippen LogP contribution >= 0.6 is 22.9 Å². The first kappa shape index (κ1) is 17.3. The zero-order chi connectivity index (χ0) is 16.8. The number of carbonyl (C=O) groups is 1. The highest BCUT2D eigenvalue weighted by molar-refractivity contribution is 7.15. The smallest absolute Gasteiger partial charge is 0.283 e. The van der Waals surface area contributed by atoms with Gasteiger partial charge in [0, 0.05) is 17.5 Å². The first-order chi connectivity index (χ1) is 11.0. The van der Waals surface area contributed by atoms with Crippen molar-refractivity contribution in [3.63, 3.8) is 0 Å². The molecule has 0 aliphatic heterocycles. The molecule has 1 heterocycles. The highest BCUT2D eigenvalue weighted by Crippen LogP contribution is 2.25. The van der Waals surface area contributed by atoms with Gasteiger partial charge in [0.25, 0.3) is 11.6 Å². The highest BCUT2D eigenvalue weighted by Gasteiger charge is 2.21. The predicted octanol–water partition coefficient (Wildman–Crippen LogP) is 4.08. The maximum absolute atomic E-state index is 12.2. The molecule has 1 amide bonds. The van der Waals surface area contributed by atoms with Gasteiger partial charge in [0.15, 0.2) is 0 Å². The number of anilines is 1. The van der Waals surface area contributed by atoms with Crippen LogP contribution in [-0.4, -0.2) is 21.0 Å². The molecule has 0 atom stereocenters. The van der Waals surface area contributed by atoms with E-state index in [1.807, 2.05) is 0 Å². The zero-order valence-electron chi connectivity index (χ0n) is 12.4. The third-order valence-electron chi connectivity index (χ3n) is 3.08. The van der Waals surface area contributed by atoms with E-state index in [1.165, 1.54) is 23.5 Å². The molecule has 7 nitrogen and oxygen atoms in total. The van der Waals surface area contributed by atoms with Crippen molar-refractivity contribution in [1.29, 1.82) is 0 Å². The summed E-state index contributed by atoms with van der Waals surface area (Å²) >= 11 is 7.01. The summed E-state index contributed by atoms with van der Waals surface area (Å²) in [7, 11) is 0. The van der Waals surface area contributed by atoms with Gasteiger partial charge >= 0.3 is 0 Å². The third kappa shape index (κ3) is 4.70. The molecule has 1 N–H and O–H groups in total. The summed E-state index contributed by atoms with van der Waals surface area (Å²) in [5.41, 5.74) is -0.412. The SMILES string of the molecule is CCCCCc1nnc(NC(=O)c2ccc(Cl)cc2[N+](=O)[O-])s1. The summed E-state index contributed by atoms with van der Waals surface area (Å²) in [6, 6.07) is 3.89. The monoisotopic (exact) mass is 354 g/mol. The van der Waals surface area contributed by atoms with E-state index in [0.29, 0.717) is 5.13 Å². The summed E-state index contributed by atoms with van der Waals surface area (Å²) in [6.45, 7) is 2.12. The van der Waals surface area contributed by atoms with Gasteiger partial charge in [-0.25, -0.2) is 0 Å². The molecule has 0 saturated heterocycles. The molecule has 0 aliphatic carbocycles. The molecule has 0 spiro atoms. The van der Waals surface area contributed by atoms with E-state index in [0.717, 1.165) is 36.8 Å². The van der Waals surface area contributed by atoms with Gasteiger partial charge in [-0.15, -0.1) is 10.2 Å². The molecule has 0 aliphatic rings. The maximum atomic E-state index is 12.2. The number of benzene rings is 1. The van der Waals surface area contributed by atoms with Crippen LogP contribution in [0.25, 0.3) is 0 Å². The molecule has 23 heavy (non-hydrogen) atoms. The molecular weight excluding hydrogens is 340 g/mol. The Morgan fingerprint density at radius 2 is 2.17 bits per heavy atom. The lowest BCUT2D eigenvalue weighted by Crippen LogP contribution is -2.13. The number of carbonyl (C=O) groups excluding carboxylic acids is 1. The number of hydrogen-bond acceptors (Lipinski definition) is 6. The average Bonchev–Trinajstić information content (AvgIpc) is 2.94. The van der Waals surface area contributed by atoms with E-state index in [-0.39, 0.29) is 16.3 Å². The summed E-state index contributed by atoms with van der Waals surface area (Å²) in [4.78, 5) is 22.6. The molecule has 0 saturated carbocycles. The number of aryl methyl sites for hydroxylation is 1. The molecule has 0 radical (unpaired) electrons. The van der Waals surface area contributed by atoms with E-state index in [1.54, 1.807) is 0 Å². The molecule has 1 aromatic heterocycles. The Bertz CT molecular complexity index is 720. The fraction of sp³-hybridized carbons (Fsp3) is 0.357. The summed E-state index contributed by atoms with van der Waals surface area (Å²) < 4.78 is 0. The normalized spacial score (nSPS) is 10.5. The minimum atomic E-state index is -0.642. The number of nitrogens with zero attached hydrogens (tertiary/aromatic N) is 3. The lowest BCUT2D eigenvalue weighted by molar-refractivity contribution is -0.385. The van der Waals surface area contributed by atoms with Crippen molar-refractivity contribution < 1.29 is 9.72 Å². The minimum Gasteiger partial charge on any atom is -0.296 e. The Hall–Kier alpha value is -2.06. The van der Waals surface area contributed by atoms with Crippen LogP contribution in [-0.2, 0) is 6.42 Å². The molecule has 9 heteroatoms. The van der Waals surface area contributed by atoms with Gasteiger partial charge in [-0.3, -0.25) is 20.2 Å². The van der Waals surface area contributed by atoms with Gasteiger partial charge in [-0.2, -0.15) is 0 Å². The topological polar surface area (TPSA) is 98.0 Å². The van der Waals surface area contributed by atoms with Crippen molar-refractivity contribution in [2.45, 2.75) is 32.6 Å². The summed E-state index contributed by atoms with van der Waals surface area (Å²) in [5, 5.41) is 22.8. The maximum Gasteiger partial charge on any atom is 0.283 e. The number of unbranched alkanes of at least 4 members (excludes halogenated alkanes) is 2. The van der Waals surface area contributed by atoms with Crippen LogP contribution in [0.3, 0.4) is 0 Å². The molecular formula is C14H15ClN4O3S. The number of amides is 1. The summed E-state index contributed by atoms with van der Waals surface area (Å²) in [6.07, 6.45) is 4.05. The lowest BCUT2D eigenvalue weighted by atomic mass is 10.1. The number of rotatable bonds is 7. The van der Waals surface area contributed by atoms with Crippen LogP contribution < -0.4 is 5.32 Å². The van der Waals surface area contributed by atoms with Gasteiger partial charge in [0.2, 0.25) is 5.13 Å². The van der Waals surface area contributed by atoms with Crippen LogP contribution in [0.15, 0.2) is 18.2 Å². The van der Waals surface area contributed by atoms with Crippen molar-refractivity contribution in [3.05, 3.63) is 43.9 Å². The molecule has 0 unspecified atom stereocenters. The summed E-state index contributed by atoms with van der Waals surface area (Å²) in [5.74, 6) is -0.607. The Balaban J connectivity index is 2.09. The fourth-order valence-electron chi connectivity index (χ4n) is 1.94. The number of nitro groups is 1. The van der Waals surface area contributed by atoms with Crippen molar-refractivity contribution >= 4 is 39.7 Å². The van der Waals surface area contributed by atoms with E-state index < -0.39 is 10.8 Å². The van der Waals surface area contributed by atoms with Crippen LogP contribution in [0.4, 0.5) is 10.8 Å². The quantitative estimate of drug-likeness (QED) is 0.458.